The third-order valence-electron chi connectivity index (χ3n) is 4.23. The number of hydrogen-bond donors (Lipinski definition) is 1. The fourth-order valence-electron chi connectivity index (χ4n) is 2.75. The van der Waals surface area contributed by atoms with Crippen LogP contribution < -0.4 is 5.32 Å². The van der Waals surface area contributed by atoms with Gasteiger partial charge < -0.3 is 10.2 Å². The van der Waals surface area contributed by atoms with Crippen LogP contribution in [-0.2, 0) is 22.6 Å². The highest BCUT2D eigenvalue weighted by Gasteiger charge is 2.28. The zero-order chi connectivity index (χ0) is 20.9. The van der Waals surface area contributed by atoms with Crippen LogP contribution in [0, 0.1) is 5.82 Å². The molecule has 2 amide bonds. The van der Waals surface area contributed by atoms with Gasteiger partial charge in [-0.05, 0) is 57.0 Å². The van der Waals surface area contributed by atoms with Gasteiger partial charge in [-0.15, -0.1) is 0 Å². The number of rotatable bonds is 6. The standard InChI is InChI=1S/C22H26BrFN2O2/c1-15(21(28)25-22(2,3)4)26(14-16-9-11-18(23)12-10-16)20(27)13-17-7-5-6-8-19(17)24/h5-12,15H,13-14H2,1-4H3,(H,25,28)/t15-/m1/s1. The monoisotopic (exact) mass is 448 g/mol. The second-order valence-electron chi connectivity index (χ2n) is 7.83. The van der Waals surface area contributed by atoms with Gasteiger partial charge >= 0.3 is 0 Å². The van der Waals surface area contributed by atoms with Gasteiger partial charge in [-0.1, -0.05) is 46.3 Å². The minimum Gasteiger partial charge on any atom is -0.350 e. The quantitative estimate of drug-likeness (QED) is 0.708. The molecule has 6 heteroatoms. The molecule has 0 aliphatic rings. The smallest absolute Gasteiger partial charge is 0.242 e. The summed E-state index contributed by atoms with van der Waals surface area (Å²) < 4.78 is 14.9. The molecule has 4 nitrogen and oxygen atoms in total. The molecule has 2 aromatic carbocycles. The van der Waals surface area contributed by atoms with E-state index < -0.39 is 17.4 Å². The molecule has 0 spiro atoms. The molecule has 0 saturated carbocycles. The van der Waals surface area contributed by atoms with E-state index in [4.69, 9.17) is 0 Å². The van der Waals surface area contributed by atoms with Crippen molar-refractivity contribution in [1.29, 1.82) is 0 Å². The van der Waals surface area contributed by atoms with Gasteiger partial charge in [-0.3, -0.25) is 9.59 Å². The summed E-state index contributed by atoms with van der Waals surface area (Å²) in [5, 5.41) is 2.91. The van der Waals surface area contributed by atoms with Crippen molar-refractivity contribution in [3.63, 3.8) is 0 Å². The van der Waals surface area contributed by atoms with Crippen molar-refractivity contribution in [3.05, 3.63) is 69.9 Å². The summed E-state index contributed by atoms with van der Waals surface area (Å²) >= 11 is 3.39. The lowest BCUT2D eigenvalue weighted by Gasteiger charge is -2.31. The molecule has 0 heterocycles. The molecule has 0 saturated heterocycles. The normalized spacial score (nSPS) is 12.4. The molecular formula is C22H26BrFN2O2. The molecule has 1 N–H and O–H groups in total. The van der Waals surface area contributed by atoms with E-state index in [0.717, 1.165) is 10.0 Å². The Morgan fingerprint density at radius 1 is 1.11 bits per heavy atom. The maximum Gasteiger partial charge on any atom is 0.242 e. The van der Waals surface area contributed by atoms with Crippen molar-refractivity contribution >= 4 is 27.7 Å². The summed E-state index contributed by atoms with van der Waals surface area (Å²) in [6.45, 7) is 7.62. The molecular weight excluding hydrogens is 423 g/mol. The van der Waals surface area contributed by atoms with E-state index in [1.165, 1.54) is 11.0 Å². The maximum atomic E-state index is 14.0. The van der Waals surface area contributed by atoms with Crippen LogP contribution in [0.5, 0.6) is 0 Å². The second-order valence-corrected chi connectivity index (χ2v) is 8.75. The number of amides is 2. The molecule has 1 atom stereocenters. The molecule has 150 valence electrons. The van der Waals surface area contributed by atoms with Crippen LogP contribution in [0.1, 0.15) is 38.8 Å². The minimum absolute atomic E-state index is 0.101. The first-order valence-electron chi connectivity index (χ1n) is 9.16. The lowest BCUT2D eigenvalue weighted by Crippen LogP contribution is -2.52. The summed E-state index contributed by atoms with van der Waals surface area (Å²) in [6, 6.07) is 13.1. The van der Waals surface area contributed by atoms with E-state index in [2.05, 4.69) is 21.2 Å². The van der Waals surface area contributed by atoms with Crippen LogP contribution in [0.15, 0.2) is 53.0 Å². The Morgan fingerprint density at radius 2 is 1.71 bits per heavy atom. The van der Waals surface area contributed by atoms with Gasteiger partial charge in [-0.2, -0.15) is 0 Å². The van der Waals surface area contributed by atoms with Crippen LogP contribution in [0.25, 0.3) is 0 Å². The Balaban J connectivity index is 2.26. The van der Waals surface area contributed by atoms with Gasteiger partial charge in [0.25, 0.3) is 0 Å². The number of carbonyl (C=O) groups excluding carboxylic acids is 2. The van der Waals surface area contributed by atoms with Crippen molar-refractivity contribution < 1.29 is 14.0 Å². The molecule has 2 rings (SSSR count). The summed E-state index contributed by atoms with van der Waals surface area (Å²) in [4.78, 5) is 27.2. The predicted octanol–water partition coefficient (Wildman–Crippen LogP) is 4.46. The number of hydrogen-bond acceptors (Lipinski definition) is 2. The van der Waals surface area contributed by atoms with E-state index in [9.17, 15) is 14.0 Å². The van der Waals surface area contributed by atoms with Crippen LogP contribution in [0.4, 0.5) is 4.39 Å². The van der Waals surface area contributed by atoms with Crippen molar-refractivity contribution in [3.8, 4) is 0 Å². The molecule has 0 fully saturated rings. The van der Waals surface area contributed by atoms with Gasteiger partial charge in [0.2, 0.25) is 11.8 Å². The number of carbonyl (C=O) groups is 2. The first-order valence-corrected chi connectivity index (χ1v) is 9.95. The Hall–Kier alpha value is -2.21. The molecule has 0 unspecified atom stereocenters. The first-order chi connectivity index (χ1) is 13.1. The van der Waals surface area contributed by atoms with Crippen molar-refractivity contribution in [1.82, 2.24) is 10.2 Å². The van der Waals surface area contributed by atoms with Crippen molar-refractivity contribution in [2.45, 2.75) is 52.2 Å². The molecule has 0 bridgehead atoms. The van der Waals surface area contributed by atoms with Crippen LogP contribution in [0.2, 0.25) is 0 Å². The average Bonchev–Trinajstić information content (AvgIpc) is 2.61. The Bertz CT molecular complexity index is 831. The molecule has 2 aromatic rings. The van der Waals surface area contributed by atoms with Crippen molar-refractivity contribution in [2.75, 3.05) is 0 Å². The van der Waals surface area contributed by atoms with Gasteiger partial charge in [0.1, 0.15) is 11.9 Å². The fourth-order valence-corrected chi connectivity index (χ4v) is 3.01. The van der Waals surface area contributed by atoms with Gasteiger partial charge in [-0.25, -0.2) is 4.39 Å². The largest absolute Gasteiger partial charge is 0.350 e. The molecule has 0 radical (unpaired) electrons. The van der Waals surface area contributed by atoms with Crippen LogP contribution in [0.3, 0.4) is 0 Å². The predicted molar refractivity (Wildman–Crippen MR) is 112 cm³/mol. The van der Waals surface area contributed by atoms with Gasteiger partial charge in [0.05, 0.1) is 6.42 Å². The van der Waals surface area contributed by atoms with E-state index >= 15 is 0 Å². The van der Waals surface area contributed by atoms with E-state index in [1.807, 2.05) is 45.0 Å². The van der Waals surface area contributed by atoms with Gasteiger partial charge in [0, 0.05) is 16.6 Å². The highest BCUT2D eigenvalue weighted by molar-refractivity contribution is 9.10. The van der Waals surface area contributed by atoms with E-state index in [0.29, 0.717) is 5.56 Å². The third-order valence-corrected chi connectivity index (χ3v) is 4.76. The molecule has 0 aliphatic carbocycles. The highest BCUT2D eigenvalue weighted by atomic mass is 79.9. The number of nitrogens with one attached hydrogen (secondary N) is 1. The lowest BCUT2D eigenvalue weighted by atomic mass is 10.1. The summed E-state index contributed by atoms with van der Waals surface area (Å²) in [6.07, 6.45) is -0.101. The first kappa shape index (κ1) is 22.1. The average molecular weight is 449 g/mol. The zero-order valence-electron chi connectivity index (χ0n) is 16.6. The fraction of sp³-hybridized carbons (Fsp3) is 0.364. The van der Waals surface area contributed by atoms with Crippen molar-refractivity contribution in [2.24, 2.45) is 0 Å². The maximum absolute atomic E-state index is 14.0. The van der Waals surface area contributed by atoms with E-state index in [-0.39, 0.29) is 24.8 Å². The topological polar surface area (TPSA) is 49.4 Å². The summed E-state index contributed by atoms with van der Waals surface area (Å²) in [7, 11) is 0. The molecule has 0 aliphatic heterocycles. The number of nitrogens with zero attached hydrogens (tertiary/aromatic N) is 1. The Morgan fingerprint density at radius 3 is 2.29 bits per heavy atom. The van der Waals surface area contributed by atoms with Gasteiger partial charge in [0.15, 0.2) is 0 Å². The highest BCUT2D eigenvalue weighted by Crippen LogP contribution is 2.17. The third kappa shape index (κ3) is 6.44. The molecule has 0 aromatic heterocycles. The zero-order valence-corrected chi connectivity index (χ0v) is 18.2. The lowest BCUT2D eigenvalue weighted by molar-refractivity contribution is -0.140. The van der Waals surface area contributed by atoms with Crippen LogP contribution >= 0.6 is 15.9 Å². The number of halogens is 2. The summed E-state index contributed by atoms with van der Waals surface area (Å²) in [5.74, 6) is -0.970. The molecule has 28 heavy (non-hydrogen) atoms. The Labute approximate surface area is 174 Å². The second kappa shape index (κ2) is 9.32. The van der Waals surface area contributed by atoms with Crippen LogP contribution in [-0.4, -0.2) is 28.3 Å². The summed E-state index contributed by atoms with van der Waals surface area (Å²) in [5.41, 5.74) is 0.792. The number of benzene rings is 2. The Kier molecular flexibility index (Phi) is 7.35. The van der Waals surface area contributed by atoms with E-state index in [1.54, 1.807) is 25.1 Å². The minimum atomic E-state index is -0.692. The SMILES string of the molecule is C[C@H](C(=O)NC(C)(C)C)N(Cc1ccc(Br)cc1)C(=O)Cc1ccccc1F.